The van der Waals surface area contributed by atoms with E-state index in [9.17, 15) is 0 Å². The van der Waals surface area contributed by atoms with Gasteiger partial charge >= 0.3 is 0 Å². The van der Waals surface area contributed by atoms with E-state index < -0.39 is 0 Å². The van der Waals surface area contributed by atoms with Gasteiger partial charge in [-0.25, -0.2) is 0 Å². The second-order valence-electron chi connectivity index (χ2n) is 0. The average molecular weight is 100 g/mol. The minimum atomic E-state index is 0. The molecule has 0 atom stereocenters. The fourth-order valence-electron chi connectivity index (χ4n) is 0. The van der Waals surface area contributed by atoms with Gasteiger partial charge in [0.1, 0.15) is 0 Å². The maximum atomic E-state index is 0. The first-order chi connectivity index (χ1) is 0. The van der Waals surface area contributed by atoms with Crippen molar-refractivity contribution in [3.05, 3.63) is 0 Å². The van der Waals surface area contributed by atoms with E-state index in [4.69, 9.17) is 0 Å². The largest absolute Gasteiger partial charge is 0.412 e. The maximum absolute atomic E-state index is 0. The highest BCUT2D eigenvalue weighted by atomic mass is 28.1. The SMILES string of the molecule is O.O.[SiH4].[SiH4]. The molecule has 0 spiro atoms. The van der Waals surface area contributed by atoms with Crippen molar-refractivity contribution in [2.75, 3.05) is 0 Å². The van der Waals surface area contributed by atoms with Crippen molar-refractivity contribution in [3.8, 4) is 0 Å². The molecule has 0 aliphatic carbocycles. The molecule has 0 amide bonds. The summed E-state index contributed by atoms with van der Waals surface area (Å²) in [5.41, 5.74) is 0. The first-order valence-corrected chi connectivity index (χ1v) is 0. The van der Waals surface area contributed by atoms with Crippen LogP contribution in [0.15, 0.2) is 0 Å². The molecule has 0 bridgehead atoms. The van der Waals surface area contributed by atoms with Crippen molar-refractivity contribution in [2.45, 2.75) is 0 Å². The fraction of sp³-hybridized carbons (Fsp3) is 0. The predicted octanol–water partition coefficient (Wildman–Crippen LogP) is -4.55. The highest BCUT2D eigenvalue weighted by Gasteiger charge is -0.0138. The summed E-state index contributed by atoms with van der Waals surface area (Å²) in [7, 11) is 0. The Kier molecular flexibility index (Phi) is 14500. The summed E-state index contributed by atoms with van der Waals surface area (Å²) in [6.45, 7) is 0. The van der Waals surface area contributed by atoms with Crippen LogP contribution in [0.25, 0.3) is 0 Å². The zero-order valence-corrected chi connectivity index (χ0v) is 1.00. The van der Waals surface area contributed by atoms with Gasteiger partial charge in [-0.3, -0.25) is 0 Å². The Hall–Kier alpha value is 0.354. The lowest BCUT2D eigenvalue weighted by atomic mass is 16.0. The monoisotopic (exact) mass is 100 g/mol. The minimum Gasteiger partial charge on any atom is -0.412 e. The van der Waals surface area contributed by atoms with Crippen LogP contribution in [-0.2, 0) is 0 Å². The normalized spacial score (nSPS) is 0. The molecule has 4 heteroatoms. The lowest BCUT2D eigenvalue weighted by molar-refractivity contribution is 0.823. The number of hydrogen-bond acceptors (Lipinski definition) is 0. The Bertz CT molecular complexity index is 4.00. The summed E-state index contributed by atoms with van der Waals surface area (Å²) in [6, 6.07) is 0. The smallest absolute Gasteiger partial charge is 0.0149 e. The van der Waals surface area contributed by atoms with Gasteiger partial charge in [-0.05, 0) is 21.9 Å². The zero-order valence-electron chi connectivity index (χ0n) is 1.00. The van der Waals surface area contributed by atoms with E-state index in [-0.39, 0.29) is 32.9 Å². The van der Waals surface area contributed by atoms with Crippen LogP contribution >= 0.6 is 0 Å². The van der Waals surface area contributed by atoms with Gasteiger partial charge in [0.2, 0.25) is 0 Å². The molecule has 0 aromatic carbocycles. The van der Waals surface area contributed by atoms with Crippen LogP contribution in [0.3, 0.4) is 0 Å². The fourth-order valence-corrected chi connectivity index (χ4v) is 0. The summed E-state index contributed by atoms with van der Waals surface area (Å²) >= 11 is 0. The molecule has 0 aromatic rings. The van der Waals surface area contributed by atoms with E-state index in [1.165, 1.54) is 0 Å². The first-order valence-electron chi connectivity index (χ1n) is 0. The summed E-state index contributed by atoms with van der Waals surface area (Å²) in [5.74, 6) is 0. The van der Waals surface area contributed by atoms with E-state index in [1.807, 2.05) is 0 Å². The highest BCUT2D eigenvalue weighted by Crippen LogP contribution is -0.288. The van der Waals surface area contributed by atoms with Crippen molar-refractivity contribution in [1.82, 2.24) is 0 Å². The van der Waals surface area contributed by atoms with E-state index in [0.717, 1.165) is 0 Å². The zero-order chi connectivity index (χ0) is 0. The Morgan fingerprint density at radius 3 is 0.500 bits per heavy atom. The van der Waals surface area contributed by atoms with Crippen molar-refractivity contribution in [3.63, 3.8) is 0 Å². The molecule has 0 rings (SSSR count). The molecule has 4 N–H and O–H groups in total. The lowest BCUT2D eigenvalue weighted by Crippen LogP contribution is -0.382. The third-order valence-corrected chi connectivity index (χ3v) is 0. The van der Waals surface area contributed by atoms with Crippen LogP contribution in [0.2, 0.25) is 0 Å². The number of rotatable bonds is 0. The van der Waals surface area contributed by atoms with Crippen LogP contribution in [0.5, 0.6) is 0 Å². The van der Waals surface area contributed by atoms with Gasteiger partial charge in [0, 0.05) is 0 Å². The van der Waals surface area contributed by atoms with Crippen molar-refractivity contribution in [2.24, 2.45) is 0 Å². The molecule has 32 valence electrons. The summed E-state index contributed by atoms with van der Waals surface area (Å²) < 4.78 is 0. The molecule has 0 aliphatic heterocycles. The van der Waals surface area contributed by atoms with Gasteiger partial charge in [-0.1, -0.05) is 0 Å². The van der Waals surface area contributed by atoms with Crippen molar-refractivity contribution < 1.29 is 11.0 Å². The third-order valence-electron chi connectivity index (χ3n) is 0. The molecule has 0 saturated heterocycles. The molecule has 0 unspecified atom stereocenters. The summed E-state index contributed by atoms with van der Waals surface area (Å²) in [6.07, 6.45) is 0. The second-order valence-corrected chi connectivity index (χ2v) is 0. The van der Waals surface area contributed by atoms with Crippen LogP contribution < -0.4 is 0 Å². The topological polar surface area (TPSA) is 63.0 Å². The quantitative estimate of drug-likeness (QED) is 0.275. The van der Waals surface area contributed by atoms with Crippen molar-refractivity contribution in [1.29, 1.82) is 0 Å². The molecule has 0 heterocycles. The Morgan fingerprint density at radius 1 is 0.500 bits per heavy atom. The highest BCUT2D eigenvalue weighted by molar-refractivity contribution is 5.76. The van der Waals surface area contributed by atoms with E-state index in [0.29, 0.717) is 0 Å². The van der Waals surface area contributed by atoms with E-state index in [1.54, 1.807) is 0 Å². The molecule has 0 fully saturated rings. The Labute approximate surface area is 33.9 Å². The van der Waals surface area contributed by atoms with Crippen LogP contribution in [0.1, 0.15) is 0 Å². The molecule has 0 saturated carbocycles. The molecule has 2 nitrogen and oxygen atoms in total. The predicted molar refractivity (Wildman–Crippen MR) is 29.9 cm³/mol. The first kappa shape index (κ1) is 391. The van der Waals surface area contributed by atoms with Crippen molar-refractivity contribution >= 4 is 21.9 Å². The van der Waals surface area contributed by atoms with Crippen LogP contribution in [-0.4, -0.2) is 32.9 Å². The summed E-state index contributed by atoms with van der Waals surface area (Å²) in [5, 5.41) is 0. The molecular weight excluding hydrogens is 88.2 g/mol. The van der Waals surface area contributed by atoms with Gasteiger partial charge in [-0.2, -0.15) is 0 Å². The number of hydrogen-bond donors (Lipinski definition) is 0. The molecule has 0 aliphatic rings. The van der Waals surface area contributed by atoms with Gasteiger partial charge in [0.25, 0.3) is 0 Å². The average Bonchev–Trinajstić information content (AvgIpc) is 0. The van der Waals surface area contributed by atoms with Crippen LogP contribution in [0, 0.1) is 0 Å². The molecule has 0 radical (unpaired) electrons. The molecule has 0 aromatic heterocycles. The third kappa shape index (κ3) is 34.5. The lowest BCUT2D eigenvalue weighted by Gasteiger charge is -0.413. The second kappa shape index (κ2) is 148. The standard InChI is InChI=1S/2H2O.2H4Si/h2*1H2;2*1H4. The minimum absolute atomic E-state index is 0. The van der Waals surface area contributed by atoms with Gasteiger partial charge in [0.15, 0.2) is 0 Å². The summed E-state index contributed by atoms with van der Waals surface area (Å²) in [4.78, 5) is 0. The molecular formula is H12O2Si2. The molecule has 4 heavy (non-hydrogen) atoms. The van der Waals surface area contributed by atoms with E-state index >= 15 is 0 Å². The van der Waals surface area contributed by atoms with Crippen LogP contribution in [0.4, 0.5) is 0 Å². The van der Waals surface area contributed by atoms with Gasteiger partial charge in [0.05, 0.1) is 0 Å². The Balaban J connectivity index is 0. The van der Waals surface area contributed by atoms with Gasteiger partial charge < -0.3 is 11.0 Å². The van der Waals surface area contributed by atoms with E-state index in [2.05, 4.69) is 0 Å². The Morgan fingerprint density at radius 2 is 0.500 bits per heavy atom. The van der Waals surface area contributed by atoms with Gasteiger partial charge in [-0.15, -0.1) is 0 Å². The maximum Gasteiger partial charge on any atom is -0.0149 e.